The van der Waals surface area contributed by atoms with Gasteiger partial charge in [-0.1, -0.05) is 19.1 Å². The number of halogens is 2. The monoisotopic (exact) mass is 524 g/mol. The summed E-state index contributed by atoms with van der Waals surface area (Å²) in [6.07, 6.45) is 0.960. The number of nitrogens with zero attached hydrogens (tertiary/aromatic N) is 3. The number of aliphatic hydroxyl groups excluding tert-OH is 1. The van der Waals surface area contributed by atoms with Gasteiger partial charge in [-0.3, -0.25) is 4.79 Å². The lowest BCUT2D eigenvalue weighted by molar-refractivity contribution is 0.0356. The van der Waals surface area contributed by atoms with E-state index >= 15 is 0 Å². The summed E-state index contributed by atoms with van der Waals surface area (Å²) in [4.78, 5) is 33.8. The summed E-state index contributed by atoms with van der Waals surface area (Å²) in [5.41, 5.74) is 1.72. The SMILES string of the molecule is C[C@H](CO)N1C[C@H](C)[C@H](CN(C)C(=O)Nc2ccc(F)cc2)Oc2ncc(-c3cccc(F)c3)cc2C1=O. The molecule has 200 valence electrons. The van der Waals surface area contributed by atoms with Gasteiger partial charge in [-0.25, -0.2) is 18.6 Å². The highest BCUT2D eigenvalue weighted by Crippen LogP contribution is 2.30. The largest absolute Gasteiger partial charge is 0.472 e. The Morgan fingerprint density at radius 3 is 2.61 bits per heavy atom. The van der Waals surface area contributed by atoms with Crippen LogP contribution in [0.2, 0.25) is 0 Å². The van der Waals surface area contributed by atoms with Gasteiger partial charge in [-0.15, -0.1) is 0 Å². The van der Waals surface area contributed by atoms with Gasteiger partial charge in [0.1, 0.15) is 23.3 Å². The van der Waals surface area contributed by atoms with Crippen LogP contribution in [0.5, 0.6) is 5.88 Å². The van der Waals surface area contributed by atoms with Gasteiger partial charge in [0.05, 0.1) is 19.2 Å². The van der Waals surface area contributed by atoms with E-state index in [0.29, 0.717) is 16.8 Å². The fourth-order valence-corrected chi connectivity index (χ4v) is 4.25. The number of pyridine rings is 1. The van der Waals surface area contributed by atoms with Crippen LogP contribution in [-0.2, 0) is 0 Å². The maximum Gasteiger partial charge on any atom is 0.321 e. The Morgan fingerprint density at radius 1 is 1.18 bits per heavy atom. The van der Waals surface area contributed by atoms with E-state index in [-0.39, 0.29) is 43.0 Å². The third-order valence-electron chi connectivity index (χ3n) is 6.57. The third kappa shape index (κ3) is 6.08. The Morgan fingerprint density at radius 2 is 1.92 bits per heavy atom. The number of aliphatic hydroxyl groups is 1. The van der Waals surface area contributed by atoms with Crippen molar-refractivity contribution in [3.63, 3.8) is 0 Å². The van der Waals surface area contributed by atoms with Crippen molar-refractivity contribution in [2.24, 2.45) is 5.92 Å². The molecule has 0 saturated heterocycles. The Bertz CT molecular complexity index is 1300. The van der Waals surface area contributed by atoms with E-state index in [2.05, 4.69) is 10.3 Å². The number of carbonyl (C=O) groups excluding carboxylic acids is 2. The highest BCUT2D eigenvalue weighted by Gasteiger charge is 2.34. The molecule has 1 aromatic heterocycles. The molecule has 0 spiro atoms. The smallest absolute Gasteiger partial charge is 0.321 e. The first kappa shape index (κ1) is 27.0. The molecular weight excluding hydrogens is 494 g/mol. The zero-order chi connectivity index (χ0) is 27.4. The number of hydrogen-bond acceptors (Lipinski definition) is 5. The van der Waals surface area contributed by atoms with Crippen LogP contribution >= 0.6 is 0 Å². The van der Waals surface area contributed by atoms with Crippen LogP contribution in [0.4, 0.5) is 19.3 Å². The summed E-state index contributed by atoms with van der Waals surface area (Å²) < 4.78 is 33.3. The van der Waals surface area contributed by atoms with Gasteiger partial charge in [0, 0.05) is 37.0 Å². The van der Waals surface area contributed by atoms with Crippen LogP contribution in [0.25, 0.3) is 11.1 Å². The number of ether oxygens (including phenoxy) is 1. The molecule has 10 heteroatoms. The topological polar surface area (TPSA) is 95.0 Å². The number of rotatable bonds is 6. The minimum atomic E-state index is -0.549. The van der Waals surface area contributed by atoms with E-state index in [1.807, 2.05) is 6.92 Å². The molecule has 0 fully saturated rings. The summed E-state index contributed by atoms with van der Waals surface area (Å²) in [6, 6.07) is 12.1. The number of amides is 3. The molecule has 3 aromatic rings. The van der Waals surface area contributed by atoms with Crippen LogP contribution in [0.3, 0.4) is 0 Å². The molecule has 2 heterocycles. The normalized spacial score (nSPS) is 18.1. The number of hydrogen-bond donors (Lipinski definition) is 2. The lowest BCUT2D eigenvalue weighted by Gasteiger charge is -2.37. The molecule has 2 N–H and O–H groups in total. The van der Waals surface area contributed by atoms with Gasteiger partial charge < -0.3 is 25.0 Å². The lowest BCUT2D eigenvalue weighted by Crippen LogP contribution is -2.50. The van der Waals surface area contributed by atoms with Crippen LogP contribution in [0, 0.1) is 17.6 Å². The van der Waals surface area contributed by atoms with E-state index in [1.54, 1.807) is 37.1 Å². The molecule has 3 atom stereocenters. The maximum atomic E-state index is 13.8. The minimum absolute atomic E-state index is 0.0918. The number of nitrogens with one attached hydrogen (secondary N) is 1. The average molecular weight is 525 g/mol. The van der Waals surface area contributed by atoms with E-state index < -0.39 is 29.8 Å². The van der Waals surface area contributed by atoms with Crippen molar-refractivity contribution in [3.8, 4) is 17.0 Å². The zero-order valence-corrected chi connectivity index (χ0v) is 21.4. The first-order valence-corrected chi connectivity index (χ1v) is 12.3. The minimum Gasteiger partial charge on any atom is -0.472 e. The lowest BCUT2D eigenvalue weighted by atomic mass is 9.99. The second kappa shape index (κ2) is 11.6. The molecule has 0 aliphatic carbocycles. The number of carbonyl (C=O) groups is 2. The van der Waals surface area contributed by atoms with E-state index in [1.165, 1.54) is 47.5 Å². The van der Waals surface area contributed by atoms with Crippen molar-refractivity contribution in [2.45, 2.75) is 26.0 Å². The molecule has 1 aliphatic rings. The van der Waals surface area contributed by atoms with Crippen LogP contribution in [-0.4, -0.2) is 70.7 Å². The molecule has 0 unspecified atom stereocenters. The molecule has 4 rings (SSSR count). The van der Waals surface area contributed by atoms with Gasteiger partial charge in [-0.2, -0.15) is 0 Å². The number of fused-ring (bicyclic) bond motifs is 1. The Hall–Kier alpha value is -4.05. The van der Waals surface area contributed by atoms with Crippen LogP contribution in [0.15, 0.2) is 60.8 Å². The average Bonchev–Trinajstić information content (AvgIpc) is 2.91. The second-order valence-electron chi connectivity index (χ2n) is 9.53. The number of likely N-dealkylation sites (N-methyl/N-ethyl adjacent to an activating group) is 1. The number of aromatic nitrogens is 1. The van der Waals surface area contributed by atoms with Gasteiger partial charge >= 0.3 is 6.03 Å². The number of anilines is 1. The van der Waals surface area contributed by atoms with Gasteiger partial charge in [0.25, 0.3) is 5.91 Å². The van der Waals surface area contributed by atoms with Crippen LogP contribution in [0.1, 0.15) is 24.2 Å². The maximum absolute atomic E-state index is 13.8. The van der Waals surface area contributed by atoms with E-state index in [4.69, 9.17) is 4.74 Å². The van der Waals surface area contributed by atoms with E-state index in [0.717, 1.165) is 0 Å². The van der Waals surface area contributed by atoms with Crippen LogP contribution < -0.4 is 10.1 Å². The van der Waals surface area contributed by atoms with Crippen molar-refractivity contribution >= 4 is 17.6 Å². The van der Waals surface area contributed by atoms with Gasteiger partial charge in [-0.05, 0) is 55.0 Å². The molecule has 1 aliphatic heterocycles. The number of urea groups is 1. The number of benzene rings is 2. The molecule has 3 amide bonds. The quantitative estimate of drug-likeness (QED) is 0.498. The van der Waals surface area contributed by atoms with Crippen molar-refractivity contribution in [2.75, 3.05) is 32.1 Å². The summed E-state index contributed by atoms with van der Waals surface area (Å²) in [5.74, 6) is -1.32. The Kier molecular flexibility index (Phi) is 8.21. The first-order valence-electron chi connectivity index (χ1n) is 12.3. The molecule has 0 saturated carbocycles. The molecule has 38 heavy (non-hydrogen) atoms. The summed E-state index contributed by atoms with van der Waals surface area (Å²) in [5, 5.41) is 12.6. The molecule has 0 radical (unpaired) electrons. The molecule has 2 aromatic carbocycles. The summed E-state index contributed by atoms with van der Waals surface area (Å²) in [7, 11) is 1.61. The highest BCUT2D eigenvalue weighted by molar-refractivity contribution is 5.98. The van der Waals surface area contributed by atoms with Gasteiger partial charge in [0.2, 0.25) is 5.88 Å². The van der Waals surface area contributed by atoms with Crippen molar-refractivity contribution in [1.29, 1.82) is 0 Å². The highest BCUT2D eigenvalue weighted by atomic mass is 19.1. The van der Waals surface area contributed by atoms with Crippen molar-refractivity contribution in [3.05, 3.63) is 78.0 Å². The molecular formula is C28H30F2N4O4. The fraction of sp³-hybridized carbons (Fsp3) is 0.321. The van der Waals surface area contributed by atoms with Crippen molar-refractivity contribution < 1.29 is 28.2 Å². The Labute approximate surface area is 219 Å². The zero-order valence-electron chi connectivity index (χ0n) is 21.4. The summed E-state index contributed by atoms with van der Waals surface area (Å²) >= 11 is 0. The second-order valence-corrected chi connectivity index (χ2v) is 9.53. The Balaban J connectivity index is 1.62. The van der Waals surface area contributed by atoms with Gasteiger partial charge in [0.15, 0.2) is 0 Å². The third-order valence-corrected chi connectivity index (χ3v) is 6.57. The van der Waals surface area contributed by atoms with E-state index in [9.17, 15) is 23.5 Å². The standard InChI is InChI=1S/C28H30F2N4O4/c1-17-14-34(18(2)16-35)27(36)24-12-20(19-5-4-6-22(30)11-19)13-31-26(24)38-25(17)15-33(3)28(37)32-23-9-7-21(29)8-10-23/h4-13,17-18,25,35H,14-16H2,1-3H3,(H,32,37)/t17-,18+,25-/m0/s1. The molecule has 8 nitrogen and oxygen atoms in total. The predicted octanol–water partition coefficient (Wildman–Crippen LogP) is 4.41. The fourth-order valence-electron chi connectivity index (χ4n) is 4.25. The summed E-state index contributed by atoms with van der Waals surface area (Å²) in [6.45, 7) is 3.83. The first-order chi connectivity index (χ1) is 18.2. The van der Waals surface area contributed by atoms with Crippen molar-refractivity contribution in [1.82, 2.24) is 14.8 Å². The predicted molar refractivity (Wildman–Crippen MR) is 139 cm³/mol. The molecule has 0 bridgehead atoms.